The molecule has 2 aromatic rings. The normalized spacial score (nSPS) is 11.6. The summed E-state index contributed by atoms with van der Waals surface area (Å²) in [5.41, 5.74) is 0.501. The maximum Gasteiger partial charge on any atom is 0.263 e. The lowest BCUT2D eigenvalue weighted by Gasteiger charge is -2.10. The first-order valence-electron chi connectivity index (χ1n) is 5.63. The maximum absolute atomic E-state index is 12.5. The number of rotatable bonds is 5. The van der Waals surface area contributed by atoms with E-state index in [-0.39, 0.29) is 0 Å². The summed E-state index contributed by atoms with van der Waals surface area (Å²) in [6.07, 6.45) is 0. The van der Waals surface area contributed by atoms with E-state index >= 15 is 0 Å². The van der Waals surface area contributed by atoms with Crippen molar-refractivity contribution < 1.29 is 8.42 Å². The molecule has 108 valence electrons. The summed E-state index contributed by atoms with van der Waals surface area (Å²) in [4.78, 5) is 1.09. The zero-order valence-electron chi connectivity index (χ0n) is 10.5. The average molecular weight is 440 g/mol. The Balaban J connectivity index is 2.36. The molecule has 0 aliphatic carbocycles. The van der Waals surface area contributed by atoms with Crippen molar-refractivity contribution in [3.63, 3.8) is 0 Å². The third-order valence-corrected chi connectivity index (χ3v) is 6.19. The van der Waals surface area contributed by atoms with Gasteiger partial charge in [-0.1, -0.05) is 15.9 Å². The van der Waals surface area contributed by atoms with Crippen LogP contribution >= 0.6 is 43.2 Å². The van der Waals surface area contributed by atoms with E-state index < -0.39 is 10.0 Å². The average Bonchev–Trinajstić information content (AvgIpc) is 2.83. The predicted octanol–water partition coefficient (Wildman–Crippen LogP) is 3.79. The fourth-order valence-electron chi connectivity index (χ4n) is 1.63. The minimum atomic E-state index is -3.59. The van der Waals surface area contributed by atoms with Crippen LogP contribution in [-0.2, 0) is 16.6 Å². The van der Waals surface area contributed by atoms with Crippen LogP contribution in [-0.4, -0.2) is 15.5 Å². The molecule has 0 atom stereocenters. The fourth-order valence-corrected chi connectivity index (χ4v) is 5.00. The lowest BCUT2D eigenvalue weighted by Crippen LogP contribution is -2.16. The highest BCUT2D eigenvalue weighted by atomic mass is 79.9. The van der Waals surface area contributed by atoms with Crippen LogP contribution in [0.25, 0.3) is 0 Å². The second kappa shape index (κ2) is 6.57. The van der Waals surface area contributed by atoms with Gasteiger partial charge < -0.3 is 5.32 Å². The van der Waals surface area contributed by atoms with Gasteiger partial charge in [-0.25, -0.2) is 8.42 Å². The molecule has 1 heterocycles. The molecule has 0 amide bonds. The Morgan fingerprint density at radius 3 is 2.70 bits per heavy atom. The van der Waals surface area contributed by atoms with Crippen LogP contribution in [0.1, 0.15) is 4.88 Å². The maximum atomic E-state index is 12.5. The quantitative estimate of drug-likeness (QED) is 0.744. The molecule has 0 saturated carbocycles. The molecule has 0 aliphatic heterocycles. The molecule has 20 heavy (non-hydrogen) atoms. The Kier molecular flexibility index (Phi) is 5.25. The van der Waals surface area contributed by atoms with Crippen LogP contribution in [0.2, 0.25) is 0 Å². The minimum Gasteiger partial charge on any atom is -0.315 e. The molecule has 0 bridgehead atoms. The third kappa shape index (κ3) is 3.62. The fraction of sp³-hybridized carbons (Fsp3) is 0.167. The molecular weight excluding hydrogens is 428 g/mol. The summed E-state index contributed by atoms with van der Waals surface area (Å²) in [5, 5.41) is 4.74. The molecule has 0 saturated heterocycles. The highest BCUT2D eigenvalue weighted by molar-refractivity contribution is 9.11. The summed E-state index contributed by atoms with van der Waals surface area (Å²) in [5.74, 6) is 0. The SMILES string of the molecule is CNCc1sccc1S(=O)(=O)Nc1cc(Br)ccc1Br. The summed E-state index contributed by atoms with van der Waals surface area (Å²) < 4.78 is 29.0. The van der Waals surface area contributed by atoms with Crippen LogP contribution < -0.4 is 10.0 Å². The highest BCUT2D eigenvalue weighted by Gasteiger charge is 2.20. The molecule has 1 aromatic heterocycles. The Hall–Kier alpha value is -0.410. The van der Waals surface area contributed by atoms with Crippen LogP contribution in [0, 0.1) is 0 Å². The standard InChI is InChI=1S/C12H12Br2N2O2S2/c1-15-7-11-12(4-5-19-11)20(17,18)16-10-6-8(13)2-3-9(10)14/h2-6,15-16H,7H2,1H3. The van der Waals surface area contributed by atoms with Crippen molar-refractivity contribution in [1.82, 2.24) is 5.32 Å². The monoisotopic (exact) mass is 438 g/mol. The number of sulfonamides is 1. The smallest absolute Gasteiger partial charge is 0.263 e. The predicted molar refractivity (Wildman–Crippen MR) is 89.7 cm³/mol. The summed E-state index contributed by atoms with van der Waals surface area (Å²) in [6.45, 7) is 0.521. The van der Waals surface area contributed by atoms with E-state index in [0.29, 0.717) is 21.6 Å². The van der Waals surface area contributed by atoms with Gasteiger partial charge in [-0.05, 0) is 52.6 Å². The van der Waals surface area contributed by atoms with Crippen LogP contribution in [0.4, 0.5) is 5.69 Å². The number of halogens is 2. The molecule has 2 rings (SSSR count). The molecule has 0 aliphatic rings. The van der Waals surface area contributed by atoms with Crippen molar-refractivity contribution >= 4 is 58.9 Å². The van der Waals surface area contributed by atoms with Crippen LogP contribution in [0.15, 0.2) is 43.5 Å². The molecule has 4 nitrogen and oxygen atoms in total. The lowest BCUT2D eigenvalue weighted by molar-refractivity contribution is 0.600. The first-order chi connectivity index (χ1) is 9.44. The van der Waals surface area contributed by atoms with Crippen LogP contribution in [0.3, 0.4) is 0 Å². The molecule has 1 aromatic carbocycles. The minimum absolute atomic E-state index is 0.309. The number of hydrogen-bond donors (Lipinski definition) is 2. The molecule has 2 N–H and O–H groups in total. The molecule has 0 spiro atoms. The number of anilines is 1. The Morgan fingerprint density at radius 1 is 1.25 bits per heavy atom. The van der Waals surface area contributed by atoms with E-state index in [1.807, 2.05) is 6.07 Å². The summed E-state index contributed by atoms with van der Waals surface area (Å²) >= 11 is 8.08. The summed E-state index contributed by atoms with van der Waals surface area (Å²) in [6, 6.07) is 6.94. The first kappa shape index (κ1) is 16.0. The molecule has 0 radical (unpaired) electrons. The van der Waals surface area contributed by atoms with Gasteiger partial charge in [0.25, 0.3) is 10.0 Å². The first-order valence-corrected chi connectivity index (χ1v) is 9.58. The third-order valence-electron chi connectivity index (χ3n) is 2.50. The zero-order valence-corrected chi connectivity index (χ0v) is 15.3. The van der Waals surface area contributed by atoms with Crippen molar-refractivity contribution in [2.75, 3.05) is 11.8 Å². The van der Waals surface area contributed by atoms with Gasteiger partial charge in [-0.3, -0.25) is 4.72 Å². The molecule has 0 unspecified atom stereocenters. The van der Waals surface area contributed by atoms with Crippen molar-refractivity contribution in [3.8, 4) is 0 Å². The van der Waals surface area contributed by atoms with E-state index in [1.54, 1.807) is 30.6 Å². The van der Waals surface area contributed by atoms with E-state index in [1.165, 1.54) is 11.3 Å². The van der Waals surface area contributed by atoms with Gasteiger partial charge >= 0.3 is 0 Å². The van der Waals surface area contributed by atoms with Gasteiger partial charge in [0.1, 0.15) is 4.90 Å². The zero-order chi connectivity index (χ0) is 14.8. The molecule has 8 heteroatoms. The number of hydrogen-bond acceptors (Lipinski definition) is 4. The van der Waals surface area contributed by atoms with Crippen molar-refractivity contribution in [2.45, 2.75) is 11.4 Å². The second-order valence-corrected chi connectivity index (χ2v) is 8.39. The van der Waals surface area contributed by atoms with Crippen molar-refractivity contribution in [2.24, 2.45) is 0 Å². The van der Waals surface area contributed by atoms with E-state index in [0.717, 1.165) is 9.35 Å². The van der Waals surface area contributed by atoms with Crippen LogP contribution in [0.5, 0.6) is 0 Å². The number of nitrogens with one attached hydrogen (secondary N) is 2. The van der Waals surface area contributed by atoms with Gasteiger partial charge in [-0.15, -0.1) is 11.3 Å². The lowest BCUT2D eigenvalue weighted by atomic mass is 10.3. The van der Waals surface area contributed by atoms with E-state index in [2.05, 4.69) is 41.9 Å². The van der Waals surface area contributed by atoms with Gasteiger partial charge in [0.05, 0.1) is 5.69 Å². The van der Waals surface area contributed by atoms with Crippen molar-refractivity contribution in [3.05, 3.63) is 43.5 Å². The van der Waals surface area contributed by atoms with Gasteiger partial charge in [0, 0.05) is 20.4 Å². The highest BCUT2D eigenvalue weighted by Crippen LogP contribution is 2.30. The number of thiophene rings is 1. The molecular formula is C12H12Br2N2O2S2. The Morgan fingerprint density at radius 2 is 2.00 bits per heavy atom. The van der Waals surface area contributed by atoms with E-state index in [9.17, 15) is 8.42 Å². The van der Waals surface area contributed by atoms with Gasteiger partial charge in [0.15, 0.2) is 0 Å². The Labute approximate surface area is 138 Å². The topological polar surface area (TPSA) is 58.2 Å². The molecule has 0 fully saturated rings. The summed E-state index contributed by atoms with van der Waals surface area (Å²) in [7, 11) is -1.81. The second-order valence-electron chi connectivity index (χ2n) is 3.97. The number of benzene rings is 1. The largest absolute Gasteiger partial charge is 0.315 e. The Bertz CT molecular complexity index is 714. The van der Waals surface area contributed by atoms with Gasteiger partial charge in [-0.2, -0.15) is 0 Å². The van der Waals surface area contributed by atoms with Gasteiger partial charge in [0.2, 0.25) is 0 Å². The van der Waals surface area contributed by atoms with Crippen molar-refractivity contribution in [1.29, 1.82) is 0 Å². The van der Waals surface area contributed by atoms with E-state index in [4.69, 9.17) is 0 Å².